The summed E-state index contributed by atoms with van der Waals surface area (Å²) in [6, 6.07) is 8.48. The lowest BCUT2D eigenvalue weighted by Gasteiger charge is -1.60. The van der Waals surface area contributed by atoms with Gasteiger partial charge in [-0.15, -0.1) is 0 Å². The molecule has 0 spiro atoms. The zero-order valence-corrected chi connectivity index (χ0v) is 5.11. The molecule has 3 heteroatoms. The van der Waals surface area contributed by atoms with Crippen LogP contribution < -0.4 is 0 Å². The van der Waals surface area contributed by atoms with Gasteiger partial charge in [-0.3, -0.25) is 0 Å². The second kappa shape index (κ2) is 2.39. The number of fused-ring (bicyclic) bond motifs is 1. The third kappa shape index (κ3) is 1.78. The van der Waals surface area contributed by atoms with E-state index in [1.807, 2.05) is 0 Å². The van der Waals surface area contributed by atoms with Gasteiger partial charge in [-0.1, -0.05) is 18.2 Å². The lowest BCUT2D eigenvalue weighted by atomic mass is 10.6. The van der Waals surface area contributed by atoms with E-state index in [9.17, 15) is 0 Å². The molecule has 0 atom stereocenters. The molecule has 0 heterocycles. The first kappa shape index (κ1) is 6.61. The molecule has 0 aromatic carbocycles. The Hall–Kier alpha value is -1.51. The van der Waals surface area contributed by atoms with Crippen molar-refractivity contribution in [3.8, 4) is 11.1 Å². The number of rotatable bonds is 0. The van der Waals surface area contributed by atoms with Crippen LogP contribution in [0.5, 0.6) is 0 Å². The molecular weight excluding hydrogens is 132 g/mol. The Labute approximate surface area is 57.5 Å². The Morgan fingerprint density at radius 1 is 1.20 bits per heavy atom. The predicted molar refractivity (Wildman–Crippen MR) is 36.1 cm³/mol. The Morgan fingerprint density at radius 2 is 1.60 bits per heavy atom. The minimum atomic E-state index is -1.83. The molecule has 3 nitrogen and oxygen atoms in total. The molecule has 0 radical (unpaired) electrons. The number of carbonyl (C=O) groups is 1. The van der Waals surface area contributed by atoms with E-state index in [-0.39, 0.29) is 0 Å². The summed E-state index contributed by atoms with van der Waals surface area (Å²) < 4.78 is 0. The van der Waals surface area contributed by atoms with Gasteiger partial charge >= 0.3 is 6.16 Å². The summed E-state index contributed by atoms with van der Waals surface area (Å²) >= 11 is 0. The number of carboxylic acid groups (broad SMARTS) is 2. The van der Waals surface area contributed by atoms with E-state index in [1.54, 1.807) is 0 Å². The summed E-state index contributed by atoms with van der Waals surface area (Å²) in [7, 11) is 0. The van der Waals surface area contributed by atoms with Crippen molar-refractivity contribution >= 4 is 6.16 Å². The molecule has 0 aromatic heterocycles. The van der Waals surface area contributed by atoms with Crippen molar-refractivity contribution in [1.29, 1.82) is 0 Å². The van der Waals surface area contributed by atoms with Gasteiger partial charge in [-0.05, 0) is 17.2 Å². The molecule has 52 valence electrons. The van der Waals surface area contributed by atoms with Crippen LogP contribution in [0, 0.1) is 0 Å². The molecule has 10 heavy (non-hydrogen) atoms. The van der Waals surface area contributed by atoms with Crippen molar-refractivity contribution in [2.24, 2.45) is 0 Å². The third-order valence-electron chi connectivity index (χ3n) is 1.11. The van der Waals surface area contributed by atoms with Crippen LogP contribution in [0.1, 0.15) is 0 Å². The molecule has 0 unspecified atom stereocenters. The molecule has 0 aliphatic heterocycles. The molecule has 0 amide bonds. The van der Waals surface area contributed by atoms with Crippen molar-refractivity contribution in [3.63, 3.8) is 0 Å². The van der Waals surface area contributed by atoms with Crippen LogP contribution >= 0.6 is 0 Å². The SMILES string of the molecule is O=C(O)O.c1cc2cc-2c1. The molecule has 0 saturated heterocycles. The Balaban J connectivity index is 0.000000112. The van der Waals surface area contributed by atoms with Crippen LogP contribution in [-0.4, -0.2) is 16.4 Å². The van der Waals surface area contributed by atoms with Crippen LogP contribution in [0.25, 0.3) is 11.1 Å². The fourth-order valence-corrected chi connectivity index (χ4v) is 0.676. The van der Waals surface area contributed by atoms with Gasteiger partial charge in [0.25, 0.3) is 0 Å². The van der Waals surface area contributed by atoms with Gasteiger partial charge in [-0.25, -0.2) is 4.79 Å². The maximum Gasteiger partial charge on any atom is 0.503 e. The van der Waals surface area contributed by atoms with E-state index in [0.29, 0.717) is 0 Å². The van der Waals surface area contributed by atoms with Gasteiger partial charge in [0, 0.05) is 0 Å². The Bertz CT molecular complexity index is 234. The molecule has 2 aliphatic carbocycles. The Morgan fingerprint density at radius 3 is 1.70 bits per heavy atom. The number of hydrogen-bond donors (Lipinski definition) is 2. The highest BCUT2D eigenvalue weighted by atomic mass is 16.6. The minimum absolute atomic E-state index is 1.43. The van der Waals surface area contributed by atoms with Gasteiger partial charge in [0.1, 0.15) is 0 Å². The molecular formula is C7H6O3. The van der Waals surface area contributed by atoms with E-state index in [2.05, 4.69) is 24.3 Å². The molecule has 0 bridgehead atoms. The van der Waals surface area contributed by atoms with E-state index in [1.165, 1.54) is 11.1 Å². The van der Waals surface area contributed by atoms with Crippen molar-refractivity contribution in [2.75, 3.05) is 0 Å². The number of hydrogen-bond acceptors (Lipinski definition) is 1. The predicted octanol–water partition coefficient (Wildman–Crippen LogP) is 1.89. The van der Waals surface area contributed by atoms with E-state index >= 15 is 0 Å². The maximum absolute atomic E-state index is 8.56. The average Bonchev–Trinajstić information content (AvgIpc) is 2.40. The van der Waals surface area contributed by atoms with Gasteiger partial charge < -0.3 is 10.2 Å². The first-order chi connectivity index (χ1) is 4.70. The van der Waals surface area contributed by atoms with Gasteiger partial charge in [0.05, 0.1) is 0 Å². The summed E-state index contributed by atoms with van der Waals surface area (Å²) in [6.45, 7) is 0. The lowest BCUT2D eigenvalue weighted by Crippen LogP contribution is -1.81. The van der Waals surface area contributed by atoms with E-state index in [0.717, 1.165) is 0 Å². The zero-order chi connectivity index (χ0) is 7.56. The lowest BCUT2D eigenvalue weighted by molar-refractivity contribution is 0.137. The van der Waals surface area contributed by atoms with Crippen LogP contribution in [0.15, 0.2) is 24.3 Å². The van der Waals surface area contributed by atoms with E-state index in [4.69, 9.17) is 15.0 Å². The highest BCUT2D eigenvalue weighted by Gasteiger charge is 2.06. The van der Waals surface area contributed by atoms with Crippen molar-refractivity contribution in [3.05, 3.63) is 24.3 Å². The zero-order valence-electron chi connectivity index (χ0n) is 5.11. The smallest absolute Gasteiger partial charge is 0.450 e. The number of benzene rings is 1. The molecule has 2 aliphatic rings. The molecule has 2 rings (SSSR count). The molecule has 2 N–H and O–H groups in total. The third-order valence-corrected chi connectivity index (χ3v) is 1.11. The first-order valence-electron chi connectivity index (χ1n) is 2.72. The topological polar surface area (TPSA) is 57.5 Å². The van der Waals surface area contributed by atoms with Crippen LogP contribution in [-0.2, 0) is 0 Å². The molecule has 0 saturated carbocycles. The summed E-state index contributed by atoms with van der Waals surface area (Å²) in [4.78, 5) is 8.56. The monoisotopic (exact) mass is 138 g/mol. The highest BCUT2D eigenvalue weighted by molar-refractivity contribution is 5.80. The second-order valence-corrected chi connectivity index (χ2v) is 1.86. The van der Waals surface area contributed by atoms with Crippen molar-refractivity contribution < 1.29 is 15.0 Å². The van der Waals surface area contributed by atoms with Crippen LogP contribution in [0.3, 0.4) is 0 Å². The molecule has 0 fully saturated rings. The summed E-state index contributed by atoms with van der Waals surface area (Å²) in [5.41, 5.74) is 2.85. The summed E-state index contributed by atoms with van der Waals surface area (Å²) in [5, 5.41) is 13.9. The van der Waals surface area contributed by atoms with Gasteiger partial charge in [0.15, 0.2) is 0 Å². The fourth-order valence-electron chi connectivity index (χ4n) is 0.676. The largest absolute Gasteiger partial charge is 0.503 e. The normalized spacial score (nSPS) is 9.20. The van der Waals surface area contributed by atoms with Gasteiger partial charge in [-0.2, -0.15) is 0 Å². The van der Waals surface area contributed by atoms with Crippen LogP contribution in [0.2, 0.25) is 0 Å². The maximum atomic E-state index is 8.56. The highest BCUT2D eigenvalue weighted by Crippen LogP contribution is 2.32. The molecule has 0 aromatic rings. The van der Waals surface area contributed by atoms with Gasteiger partial charge in [0.2, 0.25) is 0 Å². The first-order valence-corrected chi connectivity index (χ1v) is 2.72. The second-order valence-electron chi connectivity index (χ2n) is 1.86. The van der Waals surface area contributed by atoms with Crippen molar-refractivity contribution in [1.82, 2.24) is 0 Å². The van der Waals surface area contributed by atoms with Crippen molar-refractivity contribution in [2.45, 2.75) is 0 Å². The van der Waals surface area contributed by atoms with E-state index < -0.39 is 6.16 Å². The summed E-state index contributed by atoms with van der Waals surface area (Å²) in [5.74, 6) is 0. The Kier molecular flexibility index (Phi) is 1.58. The quantitative estimate of drug-likeness (QED) is 0.584. The minimum Gasteiger partial charge on any atom is -0.450 e. The van der Waals surface area contributed by atoms with Crippen LogP contribution in [0.4, 0.5) is 4.79 Å². The fraction of sp³-hybridized carbons (Fsp3) is 0. The standard InChI is InChI=1S/C6H4.CH2O3/c1-2-5-4-6(5)3-1;2-1(3)4/h1-4H;(H2,2,3,4). The average molecular weight is 138 g/mol. The summed E-state index contributed by atoms with van der Waals surface area (Å²) in [6.07, 6.45) is -1.83.